The molecule has 0 aromatic heterocycles. The van der Waals surface area contributed by atoms with Gasteiger partial charge in [0.15, 0.2) is 6.29 Å². The second-order valence-electron chi connectivity index (χ2n) is 6.32. The first-order chi connectivity index (χ1) is 9.43. The van der Waals surface area contributed by atoms with Gasteiger partial charge in [-0.25, -0.2) is 0 Å². The topological polar surface area (TPSA) is 18.5 Å². The van der Waals surface area contributed by atoms with Gasteiger partial charge in [-0.15, -0.1) is 0 Å². The predicted octanol–water partition coefficient (Wildman–Crippen LogP) is 4.91. The van der Waals surface area contributed by atoms with E-state index in [2.05, 4.69) is 54.0 Å². The molecule has 0 amide bonds. The van der Waals surface area contributed by atoms with Gasteiger partial charge in [0.1, 0.15) is 0 Å². The van der Waals surface area contributed by atoms with E-state index in [0.29, 0.717) is 13.2 Å². The van der Waals surface area contributed by atoms with E-state index in [1.807, 2.05) is 13.8 Å². The van der Waals surface area contributed by atoms with Gasteiger partial charge in [-0.2, -0.15) is 0 Å². The van der Waals surface area contributed by atoms with Crippen LogP contribution in [0.15, 0.2) is 28.7 Å². The third-order valence-corrected chi connectivity index (χ3v) is 4.86. The molecular formula is C17H25BrO2. The van der Waals surface area contributed by atoms with E-state index in [0.717, 1.165) is 17.3 Å². The fourth-order valence-corrected chi connectivity index (χ4v) is 3.97. The molecule has 0 saturated heterocycles. The van der Waals surface area contributed by atoms with Gasteiger partial charge in [-0.05, 0) is 49.8 Å². The molecule has 0 N–H and O–H groups in total. The molecule has 1 aromatic rings. The molecule has 0 aliphatic heterocycles. The summed E-state index contributed by atoms with van der Waals surface area (Å²) in [6, 6.07) is 8.69. The molecule has 1 saturated carbocycles. The zero-order chi connectivity index (χ0) is 14.8. The van der Waals surface area contributed by atoms with E-state index in [9.17, 15) is 0 Å². The normalized spacial score (nSPS) is 29.5. The molecule has 1 aromatic carbocycles. The van der Waals surface area contributed by atoms with Gasteiger partial charge >= 0.3 is 0 Å². The van der Waals surface area contributed by atoms with Crippen molar-refractivity contribution in [3.8, 4) is 0 Å². The van der Waals surface area contributed by atoms with Crippen LogP contribution in [0.5, 0.6) is 0 Å². The lowest BCUT2D eigenvalue weighted by atomic mass is 9.51. The fraction of sp³-hybridized carbons (Fsp3) is 0.647. The maximum Gasteiger partial charge on any atom is 0.162 e. The van der Waals surface area contributed by atoms with Gasteiger partial charge in [0.25, 0.3) is 0 Å². The van der Waals surface area contributed by atoms with E-state index >= 15 is 0 Å². The van der Waals surface area contributed by atoms with Crippen LogP contribution in [0.2, 0.25) is 0 Å². The molecule has 2 nitrogen and oxygen atoms in total. The van der Waals surface area contributed by atoms with Crippen LogP contribution in [0.25, 0.3) is 0 Å². The number of rotatable bonds is 6. The molecule has 0 spiro atoms. The summed E-state index contributed by atoms with van der Waals surface area (Å²) in [7, 11) is 0. The Balaban J connectivity index is 2.08. The van der Waals surface area contributed by atoms with Gasteiger partial charge in [-0.1, -0.05) is 41.9 Å². The summed E-state index contributed by atoms with van der Waals surface area (Å²) in [5, 5.41) is 0. The summed E-state index contributed by atoms with van der Waals surface area (Å²) in [6.07, 6.45) is 2.12. The number of hydrogen-bond donors (Lipinski definition) is 0. The van der Waals surface area contributed by atoms with E-state index in [4.69, 9.17) is 9.47 Å². The van der Waals surface area contributed by atoms with Crippen molar-refractivity contribution in [1.29, 1.82) is 0 Å². The lowest BCUT2D eigenvalue weighted by molar-refractivity contribution is -0.234. The third kappa shape index (κ3) is 3.10. The Hall–Kier alpha value is -0.380. The van der Waals surface area contributed by atoms with Crippen molar-refractivity contribution >= 4 is 15.9 Å². The van der Waals surface area contributed by atoms with Crippen LogP contribution in [0.4, 0.5) is 0 Å². The van der Waals surface area contributed by atoms with Crippen LogP contribution in [-0.2, 0) is 14.9 Å². The molecule has 0 unspecified atom stereocenters. The fourth-order valence-electron chi connectivity index (χ4n) is 3.71. The van der Waals surface area contributed by atoms with E-state index in [1.54, 1.807) is 0 Å². The predicted molar refractivity (Wildman–Crippen MR) is 85.9 cm³/mol. The summed E-state index contributed by atoms with van der Waals surface area (Å²) in [4.78, 5) is 0. The molecule has 0 radical (unpaired) electrons. The maximum atomic E-state index is 5.81. The Kier molecular flexibility index (Phi) is 4.93. The van der Waals surface area contributed by atoms with Crippen molar-refractivity contribution in [3.63, 3.8) is 0 Å². The summed E-state index contributed by atoms with van der Waals surface area (Å²) in [6.45, 7) is 10.1. The Morgan fingerprint density at radius 1 is 1.05 bits per heavy atom. The van der Waals surface area contributed by atoms with Crippen LogP contribution in [0.3, 0.4) is 0 Å². The van der Waals surface area contributed by atoms with Gasteiger partial charge in [0.2, 0.25) is 0 Å². The minimum atomic E-state index is -0.0824. The summed E-state index contributed by atoms with van der Waals surface area (Å²) < 4.78 is 12.7. The first-order valence-corrected chi connectivity index (χ1v) is 8.22. The van der Waals surface area contributed by atoms with Crippen molar-refractivity contribution in [2.75, 3.05) is 13.2 Å². The molecule has 20 heavy (non-hydrogen) atoms. The van der Waals surface area contributed by atoms with Crippen LogP contribution in [0.1, 0.15) is 46.1 Å². The SMILES string of the molecule is CCOC(OCC)C1(C)CC(C)(c2ccc(Br)cc2)C1. The first-order valence-electron chi connectivity index (χ1n) is 7.43. The zero-order valence-electron chi connectivity index (χ0n) is 12.9. The number of halogens is 1. The molecule has 1 fully saturated rings. The van der Waals surface area contributed by atoms with Crippen LogP contribution in [-0.4, -0.2) is 19.5 Å². The largest absolute Gasteiger partial charge is 0.352 e. The lowest BCUT2D eigenvalue weighted by Gasteiger charge is -2.56. The second kappa shape index (κ2) is 6.17. The van der Waals surface area contributed by atoms with E-state index < -0.39 is 0 Å². The first kappa shape index (κ1) is 16.0. The van der Waals surface area contributed by atoms with Gasteiger partial charge in [-0.3, -0.25) is 0 Å². The molecule has 3 heteroatoms. The van der Waals surface area contributed by atoms with Crippen LogP contribution in [0, 0.1) is 5.41 Å². The summed E-state index contributed by atoms with van der Waals surface area (Å²) >= 11 is 3.50. The van der Waals surface area contributed by atoms with Crippen molar-refractivity contribution in [3.05, 3.63) is 34.3 Å². The highest BCUT2D eigenvalue weighted by molar-refractivity contribution is 9.10. The summed E-state index contributed by atoms with van der Waals surface area (Å²) in [5.41, 5.74) is 1.76. The van der Waals surface area contributed by atoms with Crippen LogP contribution < -0.4 is 0 Å². The highest BCUT2D eigenvalue weighted by Crippen LogP contribution is 2.57. The molecular weight excluding hydrogens is 316 g/mol. The highest BCUT2D eigenvalue weighted by Gasteiger charge is 2.54. The standard InChI is InChI=1S/C17H25BrO2/c1-5-19-15(20-6-2)17(4)11-16(3,12-17)13-7-9-14(18)10-8-13/h7-10,15H,5-6,11-12H2,1-4H3. The molecule has 0 atom stereocenters. The molecule has 1 aliphatic carbocycles. The maximum absolute atomic E-state index is 5.81. The van der Waals surface area contributed by atoms with Gasteiger partial charge < -0.3 is 9.47 Å². The lowest BCUT2D eigenvalue weighted by Crippen LogP contribution is -2.54. The number of hydrogen-bond acceptors (Lipinski definition) is 2. The molecule has 1 aliphatic rings. The molecule has 0 heterocycles. The van der Waals surface area contributed by atoms with Gasteiger partial charge in [0.05, 0.1) is 0 Å². The highest BCUT2D eigenvalue weighted by atomic mass is 79.9. The van der Waals surface area contributed by atoms with E-state index in [-0.39, 0.29) is 17.1 Å². The summed E-state index contributed by atoms with van der Waals surface area (Å²) in [5.74, 6) is 0. The third-order valence-electron chi connectivity index (χ3n) is 4.33. The molecule has 2 rings (SSSR count). The Morgan fingerprint density at radius 2 is 1.55 bits per heavy atom. The molecule has 112 valence electrons. The number of benzene rings is 1. The average molecular weight is 341 g/mol. The molecule has 0 bridgehead atoms. The minimum absolute atomic E-state index is 0.0824. The second-order valence-corrected chi connectivity index (χ2v) is 7.23. The number of ether oxygens (including phenoxy) is 2. The average Bonchev–Trinajstić information content (AvgIpc) is 2.37. The monoisotopic (exact) mass is 340 g/mol. The quantitative estimate of drug-likeness (QED) is 0.685. The van der Waals surface area contributed by atoms with Crippen molar-refractivity contribution in [1.82, 2.24) is 0 Å². The smallest absolute Gasteiger partial charge is 0.162 e. The Morgan fingerprint density at radius 3 is 2.00 bits per heavy atom. The van der Waals surface area contributed by atoms with Gasteiger partial charge in [0, 0.05) is 23.1 Å². The Bertz CT molecular complexity index is 429. The van der Waals surface area contributed by atoms with Crippen molar-refractivity contribution < 1.29 is 9.47 Å². The zero-order valence-corrected chi connectivity index (χ0v) is 14.5. The Labute approximate surface area is 131 Å². The van der Waals surface area contributed by atoms with Crippen molar-refractivity contribution in [2.24, 2.45) is 5.41 Å². The minimum Gasteiger partial charge on any atom is -0.352 e. The van der Waals surface area contributed by atoms with E-state index in [1.165, 1.54) is 5.56 Å². The van der Waals surface area contributed by atoms with Crippen molar-refractivity contribution in [2.45, 2.75) is 52.2 Å². The van der Waals surface area contributed by atoms with Crippen LogP contribution >= 0.6 is 15.9 Å².